The van der Waals surface area contributed by atoms with Crippen LogP contribution >= 0.6 is 27.0 Å². The van der Waals surface area contributed by atoms with Gasteiger partial charge in [-0.3, -0.25) is 24.0 Å². The summed E-state index contributed by atoms with van der Waals surface area (Å²) in [4.78, 5) is 78.9. The molecule has 0 bridgehead atoms. The van der Waals surface area contributed by atoms with E-state index in [4.69, 9.17) is 15.6 Å². The first-order chi connectivity index (χ1) is 44.8. The first-order valence-corrected chi connectivity index (χ1v) is 31.8. The number of rotatable bonds is 25. The summed E-state index contributed by atoms with van der Waals surface area (Å²) >= 11 is 0. The molecule has 4 aromatic carbocycles. The van der Waals surface area contributed by atoms with Crippen LogP contribution in [-0.2, 0) is 49.1 Å². The van der Waals surface area contributed by atoms with Crippen molar-refractivity contribution in [2.45, 2.75) is 171 Å². The lowest BCUT2D eigenvalue weighted by molar-refractivity contribution is -0.144. The number of ether oxygens (including phenoxy) is 1. The number of hydrogen-bond donors (Lipinski definition) is 3. The minimum absolute atomic E-state index is 0. The van der Waals surface area contributed by atoms with E-state index in [1.807, 2.05) is 67.7 Å². The van der Waals surface area contributed by atoms with E-state index in [9.17, 15) is 64.6 Å². The molecule has 6 rings (SSSR count). The number of aryl methyl sites for hydroxylation is 6. The molecule has 0 fully saturated rings. The van der Waals surface area contributed by atoms with Gasteiger partial charge in [-0.15, -0.1) is 0 Å². The molecule has 6 aromatic rings. The van der Waals surface area contributed by atoms with Crippen LogP contribution in [0.4, 0.5) is 43.9 Å². The maximum atomic E-state index is 16.7. The van der Waals surface area contributed by atoms with Crippen molar-refractivity contribution in [3.63, 3.8) is 0 Å². The summed E-state index contributed by atoms with van der Waals surface area (Å²) in [5.41, 5.74) is 5.66. The van der Waals surface area contributed by atoms with Gasteiger partial charge in [-0.1, -0.05) is 52.0 Å². The molecular formula is C73H95F10N5O9S2. The van der Waals surface area contributed by atoms with E-state index >= 15 is 13.2 Å². The number of carboxylic acid groups (broad SMARTS) is 2. The van der Waals surface area contributed by atoms with Crippen molar-refractivity contribution in [3.05, 3.63) is 183 Å². The van der Waals surface area contributed by atoms with Gasteiger partial charge in [-0.25, -0.2) is 22.4 Å². The van der Waals surface area contributed by atoms with Gasteiger partial charge >= 0.3 is 30.3 Å². The van der Waals surface area contributed by atoms with Crippen molar-refractivity contribution in [2.24, 2.45) is 17.6 Å². The lowest BCUT2D eigenvalue weighted by atomic mass is 9.82. The first kappa shape index (κ1) is 87.8. The summed E-state index contributed by atoms with van der Waals surface area (Å²) in [6.45, 7) is 24.1. The number of Topliss-reactive ketones (excluding diaryl/α,β-unsaturated/α-hetero) is 1. The van der Waals surface area contributed by atoms with Crippen LogP contribution in [0.2, 0.25) is 0 Å². The number of carboxylic acids is 2. The molecule has 2 aromatic heterocycles. The summed E-state index contributed by atoms with van der Waals surface area (Å²) in [6.07, 6.45) is -7.38. The number of ketones is 1. The topological polar surface area (TPSA) is 194 Å². The Hall–Kier alpha value is -7.26. The molecule has 0 amide bonds. The molecule has 4 atom stereocenters. The number of pyridine rings is 2. The van der Waals surface area contributed by atoms with Gasteiger partial charge in [0.1, 0.15) is 29.3 Å². The predicted octanol–water partition coefficient (Wildman–Crippen LogP) is 15.6. The van der Waals surface area contributed by atoms with Gasteiger partial charge in [0.2, 0.25) is 0 Å². The number of alkyl halides is 6. The lowest BCUT2D eigenvalue weighted by Crippen LogP contribution is -2.32. The standard InChI is InChI=1S/C38H47F5N2O4.C19H18F5NO2.C16H26N2O3.2H2S/c1-10-49-33(48)18-27(17-31(46)30(15-21(2)3)45-20-26(13-14-44(8)9)24(6)16-32(45)47)35-36(39)28(19-29(37(35)40)38(41,42)43)34-23(5)12-11-22(4)25(34)7;1-8-4-5-9(2)15(10(8)3)11-6-12(19(22,23)24)18(21)16(17(11)20)13(25)7-14(26)27;1-11(2)8-14(16(20)21)18-10-13(6-7-17(4)5)12(3)9-15(18)19;;/h11-12,16,19-21,27,30H,10,13-15,17-18H2,1-9H3;4-6,13H,7,25H2,1-3H3,(H,26,27);9-11,14H,6-8H2,1-5H3,(H,20,21);2*1H2/t27-,30?;13-;;;/m00.../s1. The molecule has 0 saturated carbocycles. The molecule has 0 spiro atoms. The van der Waals surface area contributed by atoms with Gasteiger partial charge < -0.3 is 39.6 Å². The van der Waals surface area contributed by atoms with E-state index in [-0.39, 0.29) is 68.5 Å². The highest BCUT2D eigenvalue weighted by atomic mass is 32.1. The van der Waals surface area contributed by atoms with Crippen LogP contribution in [0.3, 0.4) is 0 Å². The largest absolute Gasteiger partial charge is 0.481 e. The Morgan fingerprint density at radius 3 is 1.28 bits per heavy atom. The number of esters is 1. The molecule has 548 valence electrons. The number of aromatic nitrogens is 2. The van der Waals surface area contributed by atoms with Crippen LogP contribution in [0, 0.1) is 90.5 Å². The molecule has 26 heteroatoms. The summed E-state index contributed by atoms with van der Waals surface area (Å²) in [5.74, 6) is -11.9. The Balaban J connectivity index is 0.000000559. The Morgan fingerprint density at radius 2 is 0.919 bits per heavy atom. The van der Waals surface area contributed by atoms with E-state index in [2.05, 4.69) is 4.90 Å². The van der Waals surface area contributed by atoms with Crippen LogP contribution in [0.15, 0.2) is 70.5 Å². The molecule has 0 aliphatic carbocycles. The van der Waals surface area contributed by atoms with Crippen LogP contribution in [-0.4, -0.2) is 101 Å². The van der Waals surface area contributed by atoms with E-state index in [0.717, 1.165) is 35.2 Å². The van der Waals surface area contributed by atoms with Crippen molar-refractivity contribution in [2.75, 3.05) is 47.9 Å². The van der Waals surface area contributed by atoms with Gasteiger partial charge in [-0.05, 0) is 207 Å². The number of aliphatic carboxylic acids is 2. The summed E-state index contributed by atoms with van der Waals surface area (Å²) in [7, 11) is 7.78. The third kappa shape index (κ3) is 23.1. The Kier molecular flexibility index (Phi) is 33.2. The highest BCUT2D eigenvalue weighted by molar-refractivity contribution is 7.59. The molecule has 2 heterocycles. The number of nitrogens with zero attached hydrogens (tertiary/aromatic N) is 4. The minimum atomic E-state index is -5.22. The second kappa shape index (κ2) is 37.4. The smallest absolute Gasteiger partial charge is 0.419 e. The quantitative estimate of drug-likeness (QED) is 0.0363. The molecule has 4 N–H and O–H groups in total. The fourth-order valence-electron chi connectivity index (χ4n) is 11.6. The van der Waals surface area contributed by atoms with Gasteiger partial charge in [0.05, 0.1) is 36.6 Å². The summed E-state index contributed by atoms with van der Waals surface area (Å²) in [5, 5.41) is 18.2. The highest BCUT2D eigenvalue weighted by Crippen LogP contribution is 2.45. The van der Waals surface area contributed by atoms with Crippen LogP contribution in [0.25, 0.3) is 22.3 Å². The van der Waals surface area contributed by atoms with E-state index in [0.29, 0.717) is 64.9 Å². The second-order valence-corrected chi connectivity index (χ2v) is 26.2. The SMILES string of the molecule is CCOC(=O)C[C@H](CC(=O)C(CC(C)C)n1cc(CCN(C)C)c(C)cc1=O)c1c(F)c(-c2c(C)ccc(C)c2C)cc(C(F)(F)F)c1F.Cc1cc(=O)n(C(CC(C)C)C(=O)O)cc1CCN(C)C.Cc1ccc(C)c(-c2cc(C(F)(F)F)c(F)c([C@@H](N)CC(=O)O)c2F)c1C.S.S. The molecule has 14 nitrogen and oxygen atoms in total. The van der Waals surface area contributed by atoms with Crippen molar-refractivity contribution >= 4 is 50.7 Å². The average molecular weight is 1440 g/mol. The third-order valence-corrected chi connectivity index (χ3v) is 17.0. The highest BCUT2D eigenvalue weighted by Gasteiger charge is 2.42. The molecule has 0 aliphatic rings. The van der Waals surface area contributed by atoms with Crippen LogP contribution in [0.1, 0.15) is 169 Å². The van der Waals surface area contributed by atoms with Gasteiger partial charge in [0.15, 0.2) is 5.78 Å². The number of hydrogen-bond acceptors (Lipinski definition) is 10. The van der Waals surface area contributed by atoms with Crippen molar-refractivity contribution in [3.8, 4) is 22.3 Å². The van der Waals surface area contributed by atoms with Crippen molar-refractivity contribution in [1.29, 1.82) is 0 Å². The molecule has 0 radical (unpaired) electrons. The van der Waals surface area contributed by atoms with Crippen LogP contribution < -0.4 is 16.9 Å². The van der Waals surface area contributed by atoms with E-state index in [1.54, 1.807) is 91.2 Å². The van der Waals surface area contributed by atoms with E-state index in [1.165, 1.54) is 22.1 Å². The van der Waals surface area contributed by atoms with E-state index < -0.39 is 142 Å². The first-order valence-electron chi connectivity index (χ1n) is 31.8. The number of likely N-dealkylation sites (N-methyl/N-ethyl adjacent to an activating group) is 2. The van der Waals surface area contributed by atoms with Crippen molar-refractivity contribution in [1.82, 2.24) is 18.9 Å². The molecule has 0 aliphatic heterocycles. The lowest BCUT2D eigenvalue weighted by Gasteiger charge is -2.26. The zero-order valence-corrected chi connectivity index (χ0v) is 61.2. The van der Waals surface area contributed by atoms with Gasteiger partial charge in [0.25, 0.3) is 11.1 Å². The maximum absolute atomic E-state index is 16.7. The number of carbonyl (C=O) groups is 4. The molecular weight excluding hydrogens is 1340 g/mol. The zero-order chi connectivity index (χ0) is 73.8. The van der Waals surface area contributed by atoms with Crippen molar-refractivity contribution < 1.29 is 78.0 Å². The third-order valence-electron chi connectivity index (χ3n) is 17.0. The fourth-order valence-corrected chi connectivity index (χ4v) is 11.6. The summed E-state index contributed by atoms with van der Waals surface area (Å²) in [6, 6.07) is 6.90. The molecule has 99 heavy (non-hydrogen) atoms. The number of benzene rings is 4. The zero-order valence-electron chi connectivity index (χ0n) is 59.2. The monoisotopic (exact) mass is 1440 g/mol. The van der Waals surface area contributed by atoms with Crippen LogP contribution in [0.5, 0.6) is 0 Å². The second-order valence-electron chi connectivity index (χ2n) is 26.2. The van der Waals surface area contributed by atoms with Gasteiger partial charge in [-0.2, -0.15) is 53.3 Å². The Bertz CT molecular complexity index is 3960. The molecule has 0 saturated heterocycles. The average Bonchev–Trinajstić information content (AvgIpc) is 0.760. The number of carbonyl (C=O) groups excluding carboxylic acids is 2. The Labute approximate surface area is 586 Å². The normalized spacial score (nSPS) is 12.8. The maximum Gasteiger partial charge on any atom is 0.419 e. The number of nitrogens with two attached hydrogens (primary N) is 1. The fraction of sp³-hybridized carbons (Fsp3) is 0.479. The molecule has 2 unspecified atom stereocenters. The summed E-state index contributed by atoms with van der Waals surface area (Å²) < 4.78 is 153. The Morgan fingerprint density at radius 1 is 0.545 bits per heavy atom. The number of halogens is 10. The van der Waals surface area contributed by atoms with Gasteiger partial charge in [0, 0.05) is 78.3 Å². The minimum Gasteiger partial charge on any atom is -0.481 e. The predicted molar refractivity (Wildman–Crippen MR) is 376 cm³/mol.